The maximum Gasteiger partial charge on any atom is 0.274 e. The fourth-order valence-electron chi connectivity index (χ4n) is 1.39. The topological polar surface area (TPSA) is 74.6 Å². The molecule has 1 unspecified atom stereocenters. The fraction of sp³-hybridized carbons (Fsp3) is 0.692. The van der Waals surface area contributed by atoms with Crippen LogP contribution in [-0.2, 0) is 16.6 Å². The lowest BCUT2D eigenvalue weighted by Crippen LogP contribution is -2.38. The molecule has 0 radical (unpaired) electrons. The Balaban J connectivity index is 2.64. The minimum Gasteiger partial charge on any atom is -0.447 e. The van der Waals surface area contributed by atoms with Gasteiger partial charge in [0.05, 0.1) is 6.54 Å². The molecule has 0 aliphatic rings. The third-order valence-electron chi connectivity index (χ3n) is 3.04. The van der Waals surface area contributed by atoms with Gasteiger partial charge in [-0.05, 0) is 33.2 Å². The Kier molecular flexibility index (Phi) is 6.19. The first-order valence-electron chi connectivity index (χ1n) is 6.70. The number of nitrogens with one attached hydrogen (secondary N) is 2. The average molecular weight is 303 g/mol. The van der Waals surface area contributed by atoms with E-state index in [1.807, 2.05) is 39.8 Å². The Labute approximate surface area is 121 Å². The molecule has 0 aliphatic carbocycles. The van der Waals surface area contributed by atoms with Crippen LogP contribution in [0.5, 0.6) is 0 Å². The van der Waals surface area contributed by atoms with E-state index in [-0.39, 0.29) is 11.1 Å². The third kappa shape index (κ3) is 5.24. The van der Waals surface area contributed by atoms with Crippen LogP contribution >= 0.6 is 0 Å². The van der Waals surface area contributed by atoms with E-state index in [2.05, 4.69) is 10.0 Å². The monoisotopic (exact) mass is 303 g/mol. The van der Waals surface area contributed by atoms with Gasteiger partial charge in [0.1, 0.15) is 5.76 Å². The second-order valence-electron chi connectivity index (χ2n) is 5.42. The van der Waals surface area contributed by atoms with Crippen molar-refractivity contribution in [1.29, 1.82) is 0 Å². The predicted molar refractivity (Wildman–Crippen MR) is 79.0 cm³/mol. The standard InChI is InChI=1S/C13H25N3O3S/c1-10(2)14-9-12-6-7-13(19-12)20(17,18)15-8-11(3)16(4)5/h6-7,10-11,14-15H,8-9H2,1-5H3. The molecule has 116 valence electrons. The number of sulfonamides is 1. The van der Waals surface area contributed by atoms with Crippen molar-refractivity contribution in [1.82, 2.24) is 14.9 Å². The zero-order valence-electron chi connectivity index (χ0n) is 12.8. The molecular formula is C13H25N3O3S. The summed E-state index contributed by atoms with van der Waals surface area (Å²) in [5.74, 6) is 0.611. The molecule has 2 N–H and O–H groups in total. The second-order valence-corrected chi connectivity index (χ2v) is 7.12. The first kappa shape index (κ1) is 17.2. The molecule has 0 spiro atoms. The maximum atomic E-state index is 12.1. The molecule has 0 saturated carbocycles. The summed E-state index contributed by atoms with van der Waals surface area (Å²) >= 11 is 0. The van der Waals surface area contributed by atoms with Gasteiger partial charge in [-0.3, -0.25) is 0 Å². The Morgan fingerprint density at radius 2 is 1.90 bits per heavy atom. The summed E-state index contributed by atoms with van der Waals surface area (Å²) in [5, 5.41) is 3.14. The number of furan rings is 1. The summed E-state index contributed by atoms with van der Waals surface area (Å²) < 4.78 is 32.0. The fourth-order valence-corrected chi connectivity index (χ4v) is 2.45. The van der Waals surface area contributed by atoms with Crippen molar-refractivity contribution < 1.29 is 12.8 Å². The molecule has 1 heterocycles. The van der Waals surface area contributed by atoms with Gasteiger partial charge >= 0.3 is 0 Å². The molecule has 0 bridgehead atoms. The zero-order valence-corrected chi connectivity index (χ0v) is 13.6. The molecule has 20 heavy (non-hydrogen) atoms. The molecule has 1 aromatic heterocycles. The van der Waals surface area contributed by atoms with Crippen LogP contribution in [-0.4, -0.2) is 46.0 Å². The number of hydrogen-bond donors (Lipinski definition) is 2. The van der Waals surface area contributed by atoms with Gasteiger partial charge in [0.2, 0.25) is 5.09 Å². The molecule has 6 nitrogen and oxygen atoms in total. The van der Waals surface area contributed by atoms with E-state index in [9.17, 15) is 8.42 Å². The summed E-state index contributed by atoms with van der Waals surface area (Å²) in [6.45, 7) is 6.84. The summed E-state index contributed by atoms with van der Waals surface area (Å²) in [6, 6.07) is 3.60. The van der Waals surface area contributed by atoms with Gasteiger partial charge in [-0.25, -0.2) is 13.1 Å². The van der Waals surface area contributed by atoms with E-state index in [1.165, 1.54) is 6.07 Å². The van der Waals surface area contributed by atoms with Gasteiger partial charge in [-0.2, -0.15) is 0 Å². The molecule has 0 aromatic carbocycles. The highest BCUT2D eigenvalue weighted by Gasteiger charge is 2.19. The summed E-state index contributed by atoms with van der Waals surface area (Å²) in [5.41, 5.74) is 0. The van der Waals surface area contributed by atoms with Crippen molar-refractivity contribution in [2.24, 2.45) is 0 Å². The van der Waals surface area contributed by atoms with Crippen molar-refractivity contribution in [3.05, 3.63) is 17.9 Å². The van der Waals surface area contributed by atoms with Crippen molar-refractivity contribution >= 4 is 10.0 Å². The first-order valence-corrected chi connectivity index (χ1v) is 8.19. The van der Waals surface area contributed by atoms with Gasteiger partial charge < -0.3 is 14.6 Å². The molecule has 7 heteroatoms. The van der Waals surface area contributed by atoms with Crippen LogP contribution in [0.1, 0.15) is 26.5 Å². The lowest BCUT2D eigenvalue weighted by Gasteiger charge is -2.19. The summed E-state index contributed by atoms with van der Waals surface area (Å²) in [7, 11) is 0.231. The van der Waals surface area contributed by atoms with E-state index in [4.69, 9.17) is 4.42 Å². The van der Waals surface area contributed by atoms with Gasteiger partial charge in [0.15, 0.2) is 0 Å². The van der Waals surface area contributed by atoms with Crippen molar-refractivity contribution in [2.75, 3.05) is 20.6 Å². The van der Waals surface area contributed by atoms with Gasteiger partial charge in [0, 0.05) is 18.6 Å². The van der Waals surface area contributed by atoms with Crippen LogP contribution in [0.3, 0.4) is 0 Å². The largest absolute Gasteiger partial charge is 0.447 e. The average Bonchev–Trinajstić information content (AvgIpc) is 2.82. The Morgan fingerprint density at radius 1 is 1.25 bits per heavy atom. The molecule has 0 aliphatic heterocycles. The number of likely N-dealkylation sites (N-methyl/N-ethyl adjacent to an activating group) is 1. The minimum absolute atomic E-state index is 0.0380. The van der Waals surface area contributed by atoms with Crippen molar-refractivity contribution in [3.8, 4) is 0 Å². The van der Waals surface area contributed by atoms with E-state index in [0.29, 0.717) is 24.9 Å². The van der Waals surface area contributed by atoms with Gasteiger partial charge in [-0.15, -0.1) is 0 Å². The number of nitrogens with zero attached hydrogens (tertiary/aromatic N) is 1. The quantitative estimate of drug-likeness (QED) is 0.749. The van der Waals surface area contributed by atoms with Gasteiger partial charge in [-0.1, -0.05) is 13.8 Å². The summed E-state index contributed by atoms with van der Waals surface area (Å²) in [6.07, 6.45) is 0. The van der Waals surface area contributed by atoms with Crippen LogP contribution in [0.25, 0.3) is 0 Å². The highest BCUT2D eigenvalue weighted by atomic mass is 32.2. The predicted octanol–water partition coefficient (Wildman–Crippen LogP) is 1.01. The highest BCUT2D eigenvalue weighted by Crippen LogP contribution is 2.13. The van der Waals surface area contributed by atoms with E-state index < -0.39 is 10.0 Å². The molecule has 1 aromatic rings. The van der Waals surface area contributed by atoms with Crippen LogP contribution < -0.4 is 10.0 Å². The first-order chi connectivity index (χ1) is 9.22. The number of hydrogen-bond acceptors (Lipinski definition) is 5. The van der Waals surface area contributed by atoms with Crippen LogP contribution in [0.2, 0.25) is 0 Å². The molecule has 0 amide bonds. The minimum atomic E-state index is -3.58. The van der Waals surface area contributed by atoms with Crippen molar-refractivity contribution in [2.45, 2.75) is 44.5 Å². The molecule has 1 atom stereocenters. The lowest BCUT2D eigenvalue weighted by molar-refractivity contribution is 0.312. The molecular weight excluding hydrogens is 278 g/mol. The Hall–Kier alpha value is -0.890. The van der Waals surface area contributed by atoms with E-state index >= 15 is 0 Å². The summed E-state index contributed by atoms with van der Waals surface area (Å²) in [4.78, 5) is 1.95. The van der Waals surface area contributed by atoms with Crippen LogP contribution in [0.15, 0.2) is 21.6 Å². The maximum absolute atomic E-state index is 12.1. The smallest absolute Gasteiger partial charge is 0.274 e. The molecule has 0 fully saturated rings. The zero-order chi connectivity index (χ0) is 15.3. The molecule has 0 saturated heterocycles. The highest BCUT2D eigenvalue weighted by molar-refractivity contribution is 7.89. The lowest BCUT2D eigenvalue weighted by atomic mass is 10.3. The van der Waals surface area contributed by atoms with Crippen LogP contribution in [0.4, 0.5) is 0 Å². The second kappa shape index (κ2) is 7.21. The number of rotatable bonds is 8. The Morgan fingerprint density at radius 3 is 2.45 bits per heavy atom. The van der Waals surface area contributed by atoms with Gasteiger partial charge in [0.25, 0.3) is 10.0 Å². The SMILES string of the molecule is CC(C)NCc1ccc(S(=O)(=O)NCC(C)N(C)C)o1. The van der Waals surface area contributed by atoms with E-state index in [0.717, 1.165) is 0 Å². The Bertz CT molecular complexity index is 509. The van der Waals surface area contributed by atoms with E-state index in [1.54, 1.807) is 6.07 Å². The van der Waals surface area contributed by atoms with Crippen molar-refractivity contribution in [3.63, 3.8) is 0 Å². The normalized spacial score (nSPS) is 14.2. The van der Waals surface area contributed by atoms with Crippen LogP contribution in [0, 0.1) is 0 Å². The molecule has 1 rings (SSSR count). The third-order valence-corrected chi connectivity index (χ3v) is 4.33.